The fourth-order valence-electron chi connectivity index (χ4n) is 5.21. The summed E-state index contributed by atoms with van der Waals surface area (Å²) in [5, 5.41) is 11.4. The molecule has 2 atom stereocenters. The molecule has 4 heterocycles. The van der Waals surface area contributed by atoms with Gasteiger partial charge in [0.2, 0.25) is 0 Å². The first-order valence-electron chi connectivity index (χ1n) is 13.0. The number of likely N-dealkylation sites (N-methyl/N-ethyl adjacent to an activating group) is 1. The van der Waals surface area contributed by atoms with Crippen molar-refractivity contribution in [1.82, 2.24) is 19.8 Å². The average molecular weight is 598 g/mol. The van der Waals surface area contributed by atoms with E-state index in [1.807, 2.05) is 0 Å². The average Bonchev–Trinajstić information content (AvgIpc) is 3.61. The number of aliphatic hydroxyl groups is 1. The molecule has 0 aliphatic carbocycles. The summed E-state index contributed by atoms with van der Waals surface area (Å²) in [6.45, 7) is 5.55. The Bertz CT molecular complexity index is 1420. The van der Waals surface area contributed by atoms with Gasteiger partial charge in [0.1, 0.15) is 10.6 Å². The van der Waals surface area contributed by atoms with Crippen molar-refractivity contribution >= 4 is 40.5 Å². The standard InChI is InChI=1S/C26H30F3N5O6S/c1-25(2,3)40-24(37)34-14-5-6-15(34)13-33(12-14)23-31-18-19(38-23)16(21-30-7-10-41-21)11-17(20(18)39-26(27,28)29)22(36)32(4)8-9-35/h7,10-11,14-15,35H,5-6,8-9,12-13H2,1-4H3. The summed E-state index contributed by atoms with van der Waals surface area (Å²) in [7, 11) is 1.36. The summed E-state index contributed by atoms with van der Waals surface area (Å²) in [5.74, 6) is -1.60. The summed E-state index contributed by atoms with van der Waals surface area (Å²) in [5.41, 5.74) is -1.08. The number of nitrogens with zero attached hydrogens (tertiary/aromatic N) is 5. The van der Waals surface area contributed by atoms with Gasteiger partial charge in [-0.15, -0.1) is 24.5 Å². The molecule has 5 rings (SSSR count). The molecule has 0 radical (unpaired) electrons. The third-order valence-corrected chi connectivity index (χ3v) is 7.67. The quantitative estimate of drug-likeness (QED) is 0.438. The van der Waals surface area contributed by atoms with Crippen molar-refractivity contribution < 1.29 is 41.8 Å². The van der Waals surface area contributed by atoms with Crippen molar-refractivity contribution in [3.8, 4) is 16.3 Å². The Morgan fingerprint density at radius 2 is 1.90 bits per heavy atom. The first-order chi connectivity index (χ1) is 19.3. The van der Waals surface area contributed by atoms with Gasteiger partial charge < -0.3 is 28.8 Å². The topological polar surface area (TPSA) is 121 Å². The molecule has 2 saturated heterocycles. The molecule has 41 heavy (non-hydrogen) atoms. The van der Waals surface area contributed by atoms with E-state index in [2.05, 4.69) is 14.7 Å². The number of oxazole rings is 1. The minimum atomic E-state index is -5.13. The zero-order valence-corrected chi connectivity index (χ0v) is 23.7. The monoisotopic (exact) mass is 597 g/mol. The smallest absolute Gasteiger partial charge is 0.444 e. The predicted octanol–water partition coefficient (Wildman–Crippen LogP) is 4.50. The van der Waals surface area contributed by atoms with Crippen molar-refractivity contribution in [3.05, 3.63) is 23.2 Å². The second-order valence-electron chi connectivity index (χ2n) is 11.0. The van der Waals surface area contributed by atoms with Crippen LogP contribution in [0.4, 0.5) is 24.0 Å². The number of anilines is 1. The third-order valence-electron chi connectivity index (χ3n) is 6.86. The molecule has 2 amide bonds. The number of hydrogen-bond donors (Lipinski definition) is 1. The van der Waals surface area contributed by atoms with E-state index in [0.29, 0.717) is 18.1 Å². The van der Waals surface area contributed by atoms with Gasteiger partial charge in [0.05, 0.1) is 29.8 Å². The second kappa shape index (κ2) is 10.7. The molecule has 2 aliphatic rings. The number of rotatable bonds is 6. The molecule has 2 unspecified atom stereocenters. The highest BCUT2D eigenvalue weighted by molar-refractivity contribution is 7.13. The number of benzene rings is 1. The lowest BCUT2D eigenvalue weighted by molar-refractivity contribution is -0.274. The molecular weight excluding hydrogens is 567 g/mol. The largest absolute Gasteiger partial charge is 0.573 e. The number of alkyl halides is 3. The maximum atomic E-state index is 13.6. The highest BCUT2D eigenvalue weighted by Crippen LogP contribution is 2.43. The minimum absolute atomic E-state index is 0.0162. The number of aliphatic hydroxyl groups excluding tert-OH is 1. The van der Waals surface area contributed by atoms with Gasteiger partial charge in [-0.05, 0) is 39.7 Å². The van der Waals surface area contributed by atoms with Gasteiger partial charge in [-0.2, -0.15) is 4.98 Å². The lowest BCUT2D eigenvalue weighted by atomic mass is 10.1. The molecule has 15 heteroatoms. The summed E-state index contributed by atoms with van der Waals surface area (Å²) < 4.78 is 56.9. The number of thiazole rings is 1. The van der Waals surface area contributed by atoms with Gasteiger partial charge in [0.25, 0.3) is 11.9 Å². The van der Waals surface area contributed by atoms with E-state index in [1.54, 1.807) is 36.0 Å². The van der Waals surface area contributed by atoms with Crippen LogP contribution in [-0.4, -0.2) is 94.2 Å². The molecule has 3 aromatic rings. The molecule has 1 N–H and O–H groups in total. The van der Waals surface area contributed by atoms with Crippen molar-refractivity contribution in [1.29, 1.82) is 0 Å². The van der Waals surface area contributed by atoms with Gasteiger partial charge in [-0.3, -0.25) is 9.69 Å². The number of hydrogen-bond acceptors (Lipinski definition) is 10. The molecule has 0 saturated carbocycles. The zero-order chi connectivity index (χ0) is 29.7. The van der Waals surface area contributed by atoms with E-state index in [9.17, 15) is 27.9 Å². The lowest BCUT2D eigenvalue weighted by Gasteiger charge is -2.40. The summed E-state index contributed by atoms with van der Waals surface area (Å²) in [4.78, 5) is 39.4. The van der Waals surface area contributed by atoms with Crippen LogP contribution in [0.3, 0.4) is 0 Å². The van der Waals surface area contributed by atoms with E-state index in [0.717, 1.165) is 17.7 Å². The Kier molecular flexibility index (Phi) is 7.53. The number of halogens is 3. The Hall–Kier alpha value is -3.59. The van der Waals surface area contributed by atoms with Crippen LogP contribution in [0.25, 0.3) is 21.7 Å². The highest BCUT2D eigenvalue weighted by atomic mass is 32.1. The molecule has 2 aliphatic heterocycles. The predicted molar refractivity (Wildman–Crippen MR) is 143 cm³/mol. The normalized spacial score (nSPS) is 19.1. The van der Waals surface area contributed by atoms with Crippen LogP contribution in [0, 0.1) is 0 Å². The molecule has 1 aromatic carbocycles. The van der Waals surface area contributed by atoms with Gasteiger partial charge in [0.15, 0.2) is 16.8 Å². The van der Waals surface area contributed by atoms with E-state index in [1.165, 1.54) is 30.6 Å². The number of carbonyl (C=O) groups is 2. The van der Waals surface area contributed by atoms with Crippen LogP contribution < -0.4 is 9.64 Å². The minimum Gasteiger partial charge on any atom is -0.444 e. The number of ether oxygens (including phenoxy) is 2. The third kappa shape index (κ3) is 5.91. The zero-order valence-electron chi connectivity index (χ0n) is 22.9. The number of aromatic nitrogens is 2. The Labute approximate surface area is 237 Å². The summed E-state index contributed by atoms with van der Waals surface area (Å²) in [6, 6.07) is 0.885. The molecular formula is C26H30F3N5O6S. The van der Waals surface area contributed by atoms with Gasteiger partial charge in [-0.1, -0.05) is 0 Å². The van der Waals surface area contributed by atoms with Gasteiger partial charge in [0, 0.05) is 38.3 Å². The molecule has 2 fully saturated rings. The highest BCUT2D eigenvalue weighted by Gasteiger charge is 2.46. The first kappa shape index (κ1) is 28.9. The maximum Gasteiger partial charge on any atom is 0.573 e. The Balaban J connectivity index is 1.58. The fraction of sp³-hybridized carbons (Fsp3) is 0.538. The molecule has 0 spiro atoms. The Morgan fingerprint density at radius 3 is 2.46 bits per heavy atom. The molecule has 2 bridgehead atoms. The number of piperazine rings is 1. The second-order valence-corrected chi connectivity index (χ2v) is 11.9. The molecule has 222 valence electrons. The SMILES string of the molecule is CN(CCO)C(=O)c1cc(-c2nccs2)c2oc(N3CC4CCC(C3)N4C(=O)OC(C)(C)C)nc2c1OC(F)(F)F. The fourth-order valence-corrected chi connectivity index (χ4v) is 5.86. The lowest BCUT2D eigenvalue weighted by Crippen LogP contribution is -2.56. The van der Waals surface area contributed by atoms with E-state index in [-0.39, 0.29) is 47.9 Å². The number of fused-ring (bicyclic) bond motifs is 3. The van der Waals surface area contributed by atoms with Crippen LogP contribution >= 0.6 is 11.3 Å². The van der Waals surface area contributed by atoms with Gasteiger partial charge in [-0.25, -0.2) is 9.78 Å². The van der Waals surface area contributed by atoms with Crippen molar-refractivity contribution in [2.24, 2.45) is 0 Å². The number of amides is 2. The number of carbonyl (C=O) groups excluding carboxylic acids is 2. The van der Waals surface area contributed by atoms with E-state index < -0.39 is 35.3 Å². The van der Waals surface area contributed by atoms with Crippen LogP contribution in [-0.2, 0) is 4.74 Å². The van der Waals surface area contributed by atoms with Crippen LogP contribution in [0.2, 0.25) is 0 Å². The van der Waals surface area contributed by atoms with Crippen molar-refractivity contribution in [2.75, 3.05) is 38.2 Å². The first-order valence-corrected chi connectivity index (χ1v) is 13.9. The van der Waals surface area contributed by atoms with Gasteiger partial charge >= 0.3 is 12.5 Å². The molecule has 11 nitrogen and oxygen atoms in total. The maximum absolute atomic E-state index is 13.6. The van der Waals surface area contributed by atoms with Crippen molar-refractivity contribution in [2.45, 2.75) is 57.7 Å². The van der Waals surface area contributed by atoms with Crippen molar-refractivity contribution in [3.63, 3.8) is 0 Å². The summed E-state index contributed by atoms with van der Waals surface area (Å²) >= 11 is 1.21. The summed E-state index contributed by atoms with van der Waals surface area (Å²) in [6.07, 6.45) is -2.57. The van der Waals surface area contributed by atoms with Crippen LogP contribution in [0.1, 0.15) is 44.0 Å². The van der Waals surface area contributed by atoms with E-state index in [4.69, 9.17) is 9.15 Å². The van der Waals surface area contributed by atoms with Crippen LogP contribution in [0.5, 0.6) is 5.75 Å². The van der Waals surface area contributed by atoms with Crippen LogP contribution in [0.15, 0.2) is 22.1 Å². The van der Waals surface area contributed by atoms with E-state index >= 15 is 0 Å². The Morgan fingerprint density at radius 1 is 1.22 bits per heavy atom. The molecule has 2 aromatic heterocycles.